The molecule has 1 aromatic carbocycles. The molecule has 1 aromatic rings. The maximum atomic E-state index is 6.26. The topological polar surface area (TPSA) is 44.5 Å². The molecule has 0 bridgehead atoms. The highest BCUT2D eigenvalue weighted by molar-refractivity contribution is 5.48. The highest BCUT2D eigenvalue weighted by atomic mass is 16.5. The van der Waals surface area contributed by atoms with Crippen molar-refractivity contribution in [3.8, 4) is 11.5 Å². The maximum Gasteiger partial charge on any atom is 0.161 e. The molecule has 2 unspecified atom stereocenters. The smallest absolute Gasteiger partial charge is 0.161 e. The van der Waals surface area contributed by atoms with Crippen LogP contribution in [0.5, 0.6) is 11.5 Å². The van der Waals surface area contributed by atoms with Crippen LogP contribution in [0.15, 0.2) is 12.1 Å². The average Bonchev–Trinajstić information content (AvgIpc) is 2.47. The molecule has 3 nitrogen and oxygen atoms in total. The Hall–Kier alpha value is -1.22. The summed E-state index contributed by atoms with van der Waals surface area (Å²) in [5.41, 5.74) is 8.78. The summed E-state index contributed by atoms with van der Waals surface area (Å²) in [6, 6.07) is 4.23. The molecule has 0 saturated heterocycles. The number of methoxy groups -OCH3 is 2. The molecule has 3 heteroatoms. The zero-order valence-corrected chi connectivity index (χ0v) is 10.8. The molecule has 0 heterocycles. The maximum absolute atomic E-state index is 6.26. The van der Waals surface area contributed by atoms with Crippen molar-refractivity contribution in [3.05, 3.63) is 23.3 Å². The van der Waals surface area contributed by atoms with Crippen LogP contribution >= 0.6 is 0 Å². The molecule has 0 radical (unpaired) electrons. The number of hydrogen-bond acceptors (Lipinski definition) is 3. The lowest BCUT2D eigenvalue weighted by Crippen LogP contribution is -2.13. The normalized spacial score (nSPS) is 23.8. The van der Waals surface area contributed by atoms with Crippen molar-refractivity contribution in [2.45, 2.75) is 32.2 Å². The third-order valence-electron chi connectivity index (χ3n) is 3.61. The molecule has 2 rings (SSSR count). The fourth-order valence-corrected chi connectivity index (χ4v) is 2.58. The van der Waals surface area contributed by atoms with Gasteiger partial charge >= 0.3 is 0 Å². The van der Waals surface area contributed by atoms with Gasteiger partial charge in [0.25, 0.3) is 0 Å². The second-order valence-corrected chi connectivity index (χ2v) is 4.89. The number of benzene rings is 1. The van der Waals surface area contributed by atoms with Gasteiger partial charge in [-0.3, -0.25) is 0 Å². The van der Waals surface area contributed by atoms with E-state index in [0.29, 0.717) is 5.92 Å². The standard InChI is InChI=1S/C14H21NO2/c1-9-4-5-10-7-13(16-2)14(17-3)8-11(10)12(15)6-9/h7-9,12H,4-6,15H2,1-3H3. The zero-order chi connectivity index (χ0) is 12.4. The molecule has 0 aliphatic heterocycles. The van der Waals surface area contributed by atoms with E-state index >= 15 is 0 Å². The van der Waals surface area contributed by atoms with E-state index in [2.05, 4.69) is 13.0 Å². The van der Waals surface area contributed by atoms with E-state index < -0.39 is 0 Å². The molecule has 1 aliphatic carbocycles. The Labute approximate surface area is 103 Å². The predicted octanol–water partition coefficient (Wildman–Crippen LogP) is 2.68. The Kier molecular flexibility index (Phi) is 3.57. The van der Waals surface area contributed by atoms with Gasteiger partial charge in [-0.1, -0.05) is 6.92 Å². The third-order valence-corrected chi connectivity index (χ3v) is 3.61. The van der Waals surface area contributed by atoms with Crippen LogP contribution < -0.4 is 15.2 Å². The molecule has 0 aromatic heterocycles. The van der Waals surface area contributed by atoms with Crippen molar-refractivity contribution in [1.82, 2.24) is 0 Å². The molecular formula is C14H21NO2. The molecule has 0 spiro atoms. The van der Waals surface area contributed by atoms with E-state index in [9.17, 15) is 0 Å². The second kappa shape index (κ2) is 4.96. The first kappa shape index (κ1) is 12.2. The van der Waals surface area contributed by atoms with Gasteiger partial charge in [0.15, 0.2) is 11.5 Å². The Morgan fingerprint density at radius 1 is 1.18 bits per heavy atom. The first-order valence-corrected chi connectivity index (χ1v) is 6.16. The van der Waals surface area contributed by atoms with E-state index in [4.69, 9.17) is 15.2 Å². The summed E-state index contributed by atoms with van der Waals surface area (Å²) in [6.07, 6.45) is 3.31. The Bertz CT molecular complexity index is 403. The van der Waals surface area contributed by atoms with Crippen LogP contribution in [0.3, 0.4) is 0 Å². The summed E-state index contributed by atoms with van der Waals surface area (Å²) in [5.74, 6) is 2.25. The van der Waals surface area contributed by atoms with E-state index in [0.717, 1.165) is 24.3 Å². The lowest BCUT2D eigenvalue weighted by Gasteiger charge is -2.17. The van der Waals surface area contributed by atoms with Crippen LogP contribution in [0.25, 0.3) is 0 Å². The molecule has 0 fully saturated rings. The van der Waals surface area contributed by atoms with Crippen LogP contribution in [0.1, 0.15) is 36.9 Å². The summed E-state index contributed by atoms with van der Waals surface area (Å²) in [4.78, 5) is 0. The summed E-state index contributed by atoms with van der Waals surface area (Å²) in [5, 5.41) is 0. The van der Waals surface area contributed by atoms with Crippen molar-refractivity contribution in [1.29, 1.82) is 0 Å². The summed E-state index contributed by atoms with van der Waals surface area (Å²) >= 11 is 0. The van der Waals surface area contributed by atoms with Gasteiger partial charge in [0.1, 0.15) is 0 Å². The predicted molar refractivity (Wildman–Crippen MR) is 68.6 cm³/mol. The van der Waals surface area contributed by atoms with Gasteiger partial charge < -0.3 is 15.2 Å². The SMILES string of the molecule is COc1cc2c(cc1OC)C(N)CC(C)CC2. The van der Waals surface area contributed by atoms with Crippen LogP contribution in [0.2, 0.25) is 0 Å². The second-order valence-electron chi connectivity index (χ2n) is 4.89. The minimum absolute atomic E-state index is 0.113. The van der Waals surface area contributed by atoms with Crippen LogP contribution in [0, 0.1) is 5.92 Å². The molecule has 1 aliphatic rings. The number of ether oxygens (including phenoxy) is 2. The lowest BCUT2D eigenvalue weighted by molar-refractivity contribution is 0.353. The van der Waals surface area contributed by atoms with Gasteiger partial charge in [0.2, 0.25) is 0 Å². The zero-order valence-electron chi connectivity index (χ0n) is 10.8. The fraction of sp³-hybridized carbons (Fsp3) is 0.571. The molecule has 0 amide bonds. The van der Waals surface area contributed by atoms with Crippen LogP contribution in [-0.4, -0.2) is 14.2 Å². The van der Waals surface area contributed by atoms with Crippen molar-refractivity contribution in [2.24, 2.45) is 11.7 Å². The van der Waals surface area contributed by atoms with Crippen molar-refractivity contribution < 1.29 is 9.47 Å². The van der Waals surface area contributed by atoms with Crippen molar-refractivity contribution in [2.75, 3.05) is 14.2 Å². The van der Waals surface area contributed by atoms with Gasteiger partial charge in [0.05, 0.1) is 14.2 Å². The number of nitrogens with two attached hydrogens (primary N) is 1. The first-order chi connectivity index (χ1) is 8.15. The van der Waals surface area contributed by atoms with E-state index in [-0.39, 0.29) is 6.04 Å². The molecular weight excluding hydrogens is 214 g/mol. The number of hydrogen-bond donors (Lipinski definition) is 1. The number of fused-ring (bicyclic) bond motifs is 1. The summed E-state index contributed by atoms with van der Waals surface area (Å²) in [7, 11) is 3.33. The largest absolute Gasteiger partial charge is 0.493 e. The minimum Gasteiger partial charge on any atom is -0.493 e. The molecule has 94 valence electrons. The highest BCUT2D eigenvalue weighted by Crippen LogP contribution is 2.37. The van der Waals surface area contributed by atoms with Gasteiger partial charge in [-0.15, -0.1) is 0 Å². The van der Waals surface area contributed by atoms with Crippen LogP contribution in [0.4, 0.5) is 0 Å². The van der Waals surface area contributed by atoms with Gasteiger partial charge in [-0.25, -0.2) is 0 Å². The monoisotopic (exact) mass is 235 g/mol. The quantitative estimate of drug-likeness (QED) is 0.801. The molecule has 2 atom stereocenters. The highest BCUT2D eigenvalue weighted by Gasteiger charge is 2.21. The number of rotatable bonds is 2. The summed E-state index contributed by atoms with van der Waals surface area (Å²) in [6.45, 7) is 2.26. The van der Waals surface area contributed by atoms with E-state index in [1.54, 1.807) is 14.2 Å². The minimum atomic E-state index is 0.113. The Morgan fingerprint density at radius 3 is 2.47 bits per heavy atom. The first-order valence-electron chi connectivity index (χ1n) is 6.16. The molecule has 0 saturated carbocycles. The van der Waals surface area contributed by atoms with Crippen molar-refractivity contribution >= 4 is 0 Å². The van der Waals surface area contributed by atoms with Gasteiger partial charge in [-0.05, 0) is 48.4 Å². The lowest BCUT2D eigenvalue weighted by atomic mass is 9.97. The van der Waals surface area contributed by atoms with Crippen molar-refractivity contribution in [3.63, 3.8) is 0 Å². The summed E-state index contributed by atoms with van der Waals surface area (Å²) < 4.78 is 10.7. The average molecular weight is 235 g/mol. The number of aryl methyl sites for hydroxylation is 1. The van der Waals surface area contributed by atoms with E-state index in [1.807, 2.05) is 6.07 Å². The Morgan fingerprint density at radius 2 is 1.82 bits per heavy atom. The third kappa shape index (κ3) is 2.39. The fourth-order valence-electron chi connectivity index (χ4n) is 2.58. The van der Waals surface area contributed by atoms with E-state index in [1.165, 1.54) is 17.5 Å². The van der Waals surface area contributed by atoms with Crippen LogP contribution in [-0.2, 0) is 6.42 Å². The van der Waals surface area contributed by atoms with Gasteiger partial charge in [0, 0.05) is 6.04 Å². The Balaban J connectivity index is 2.45. The molecule has 17 heavy (non-hydrogen) atoms. The van der Waals surface area contributed by atoms with Gasteiger partial charge in [-0.2, -0.15) is 0 Å². The molecule has 2 N–H and O–H groups in total.